The molecule has 1 aliphatic carbocycles. The van der Waals surface area contributed by atoms with Crippen LogP contribution in [0.4, 0.5) is 32.0 Å². The van der Waals surface area contributed by atoms with Crippen molar-refractivity contribution in [3.63, 3.8) is 0 Å². The molecule has 2 amide bonds. The van der Waals surface area contributed by atoms with Gasteiger partial charge in [0.2, 0.25) is 0 Å². The average Bonchev–Trinajstić information content (AvgIpc) is 3.63. The number of hydrogen-bond donors (Lipinski definition) is 2. The van der Waals surface area contributed by atoms with Gasteiger partial charge in [-0.2, -0.15) is 26.3 Å². The van der Waals surface area contributed by atoms with E-state index in [1.165, 1.54) is 18.2 Å². The number of pyridine rings is 1. The molecular weight excluding hydrogens is 502 g/mol. The number of carbonyl (C=O) groups is 2. The van der Waals surface area contributed by atoms with Gasteiger partial charge in [0.05, 0.1) is 28.9 Å². The molecule has 3 aromatic rings. The Hall–Kier alpha value is -4.09. The van der Waals surface area contributed by atoms with Crippen LogP contribution in [0.5, 0.6) is 0 Å². The standard InChI is InChI=1S/C25H20F6N4O2/c26-24(27,28)18-12-17(13-32-14-18)21(36)33-23(10-11-23)22(37)35(15-16-6-2-1-3-7-16)34-20-9-5-4-8-19(20)25(29,30)31/h1-9,12-14,34H,10-11,15H2,(H,33,36). The van der Waals surface area contributed by atoms with E-state index >= 15 is 0 Å². The molecule has 0 aliphatic heterocycles. The Labute approximate surface area is 207 Å². The molecule has 37 heavy (non-hydrogen) atoms. The van der Waals surface area contributed by atoms with Crippen LogP contribution in [0.3, 0.4) is 0 Å². The Bertz CT molecular complexity index is 1290. The van der Waals surface area contributed by atoms with Crippen LogP contribution in [0.15, 0.2) is 73.1 Å². The summed E-state index contributed by atoms with van der Waals surface area (Å²) in [6.07, 6.45) is -7.62. The zero-order valence-corrected chi connectivity index (χ0v) is 19.0. The molecule has 6 nitrogen and oxygen atoms in total. The van der Waals surface area contributed by atoms with Gasteiger partial charge in [-0.05, 0) is 36.6 Å². The lowest BCUT2D eigenvalue weighted by Crippen LogP contribution is -2.52. The maximum Gasteiger partial charge on any atom is 0.418 e. The maximum absolute atomic E-state index is 13.6. The lowest BCUT2D eigenvalue weighted by Gasteiger charge is -2.30. The summed E-state index contributed by atoms with van der Waals surface area (Å²) < 4.78 is 79.8. The molecule has 2 aromatic carbocycles. The predicted octanol–water partition coefficient (Wildman–Crippen LogP) is 5.44. The van der Waals surface area contributed by atoms with E-state index in [1.807, 2.05) is 0 Å². The summed E-state index contributed by atoms with van der Waals surface area (Å²) in [5, 5.41) is 3.43. The van der Waals surface area contributed by atoms with Crippen LogP contribution in [0.1, 0.15) is 39.9 Å². The number of aromatic nitrogens is 1. The lowest BCUT2D eigenvalue weighted by atomic mass is 10.1. The highest BCUT2D eigenvalue weighted by Gasteiger charge is 2.53. The van der Waals surface area contributed by atoms with Gasteiger partial charge in [0.1, 0.15) is 5.54 Å². The van der Waals surface area contributed by atoms with Crippen LogP contribution < -0.4 is 10.7 Å². The van der Waals surface area contributed by atoms with Crippen molar-refractivity contribution in [2.45, 2.75) is 37.3 Å². The predicted molar refractivity (Wildman–Crippen MR) is 121 cm³/mol. The summed E-state index contributed by atoms with van der Waals surface area (Å²) in [7, 11) is 0. The lowest BCUT2D eigenvalue weighted by molar-refractivity contribution is -0.138. The Kier molecular flexibility index (Phi) is 6.85. The summed E-state index contributed by atoms with van der Waals surface area (Å²) >= 11 is 0. The summed E-state index contributed by atoms with van der Waals surface area (Å²) in [5.41, 5.74) is -1.27. The van der Waals surface area contributed by atoms with Crippen molar-refractivity contribution >= 4 is 17.5 Å². The van der Waals surface area contributed by atoms with E-state index in [2.05, 4.69) is 15.7 Å². The number of para-hydroxylation sites is 1. The number of amides is 2. The maximum atomic E-state index is 13.6. The number of benzene rings is 2. The molecule has 2 N–H and O–H groups in total. The fourth-order valence-corrected chi connectivity index (χ4v) is 3.69. The molecule has 4 rings (SSSR count). The minimum absolute atomic E-state index is 0.144. The van der Waals surface area contributed by atoms with Gasteiger partial charge >= 0.3 is 12.4 Å². The first-order chi connectivity index (χ1) is 17.4. The number of rotatable bonds is 7. The highest BCUT2D eigenvalue weighted by molar-refractivity contribution is 6.00. The number of carbonyl (C=O) groups excluding carboxylic acids is 2. The van der Waals surface area contributed by atoms with E-state index < -0.39 is 46.4 Å². The van der Waals surface area contributed by atoms with Crippen LogP contribution in [-0.2, 0) is 23.7 Å². The van der Waals surface area contributed by atoms with Gasteiger partial charge in [-0.15, -0.1) is 0 Å². The van der Waals surface area contributed by atoms with Gasteiger partial charge in [0.25, 0.3) is 11.8 Å². The van der Waals surface area contributed by atoms with E-state index in [9.17, 15) is 35.9 Å². The summed E-state index contributed by atoms with van der Waals surface area (Å²) in [6, 6.07) is 13.7. The SMILES string of the molecule is O=C(NC1(C(=O)N(Cc2ccccc2)Nc2ccccc2C(F)(F)F)CC1)c1cncc(C(F)(F)F)c1. The highest BCUT2D eigenvalue weighted by Crippen LogP contribution is 2.40. The number of nitrogens with one attached hydrogen (secondary N) is 2. The highest BCUT2D eigenvalue weighted by atomic mass is 19.4. The molecule has 1 aliphatic rings. The van der Waals surface area contributed by atoms with Gasteiger partial charge < -0.3 is 5.32 Å². The first-order valence-corrected chi connectivity index (χ1v) is 11.0. The Morgan fingerprint density at radius 3 is 2.16 bits per heavy atom. The molecule has 0 atom stereocenters. The van der Waals surface area contributed by atoms with Crippen LogP contribution in [0, 0.1) is 0 Å². The van der Waals surface area contributed by atoms with Gasteiger partial charge in [-0.3, -0.25) is 20.0 Å². The van der Waals surface area contributed by atoms with Crippen molar-refractivity contribution in [2.24, 2.45) is 0 Å². The fourth-order valence-electron chi connectivity index (χ4n) is 3.69. The largest absolute Gasteiger partial charge is 0.418 e. The van der Waals surface area contributed by atoms with Crippen molar-refractivity contribution in [3.8, 4) is 0 Å². The number of halogens is 6. The van der Waals surface area contributed by atoms with Crippen LogP contribution in [0.25, 0.3) is 0 Å². The van der Waals surface area contributed by atoms with Gasteiger partial charge in [0.15, 0.2) is 0 Å². The molecule has 194 valence electrons. The minimum atomic E-state index is -4.72. The molecule has 1 saturated carbocycles. The molecule has 1 fully saturated rings. The topological polar surface area (TPSA) is 74.3 Å². The normalized spacial score (nSPS) is 14.5. The van der Waals surface area contributed by atoms with E-state index in [4.69, 9.17) is 0 Å². The first kappa shape index (κ1) is 26.0. The number of anilines is 1. The van der Waals surface area contributed by atoms with Crippen molar-refractivity contribution in [2.75, 3.05) is 5.43 Å². The smallest absolute Gasteiger partial charge is 0.337 e. The molecule has 1 aromatic heterocycles. The third-order valence-corrected chi connectivity index (χ3v) is 5.76. The Balaban J connectivity index is 1.61. The molecule has 0 unspecified atom stereocenters. The van der Waals surface area contributed by atoms with Gasteiger partial charge in [0, 0.05) is 12.4 Å². The Morgan fingerprint density at radius 2 is 1.54 bits per heavy atom. The molecule has 0 bridgehead atoms. The van der Waals surface area contributed by atoms with Crippen LogP contribution >= 0.6 is 0 Å². The summed E-state index contributed by atoms with van der Waals surface area (Å²) in [6.45, 7) is -0.144. The first-order valence-electron chi connectivity index (χ1n) is 11.0. The monoisotopic (exact) mass is 522 g/mol. The second-order valence-corrected chi connectivity index (χ2v) is 8.53. The van der Waals surface area contributed by atoms with Crippen molar-refractivity contribution in [3.05, 3.63) is 95.3 Å². The van der Waals surface area contributed by atoms with E-state index in [0.29, 0.717) is 17.8 Å². The molecule has 0 radical (unpaired) electrons. The quantitative estimate of drug-likeness (QED) is 0.320. The third-order valence-electron chi connectivity index (χ3n) is 5.76. The van der Waals surface area contributed by atoms with Crippen molar-refractivity contribution in [1.82, 2.24) is 15.3 Å². The molecular formula is C25H20F6N4O2. The fraction of sp³-hybridized carbons (Fsp3) is 0.240. The van der Waals surface area contributed by atoms with Gasteiger partial charge in [-0.1, -0.05) is 42.5 Å². The van der Waals surface area contributed by atoms with Crippen LogP contribution in [-0.4, -0.2) is 27.3 Å². The third kappa shape index (κ3) is 6.01. The molecule has 12 heteroatoms. The summed E-state index contributed by atoms with van der Waals surface area (Å²) in [5.74, 6) is -1.69. The van der Waals surface area contributed by atoms with Crippen LogP contribution in [0.2, 0.25) is 0 Å². The van der Waals surface area contributed by atoms with Crippen molar-refractivity contribution < 1.29 is 35.9 Å². The average molecular weight is 522 g/mol. The zero-order chi connectivity index (χ0) is 26.8. The van der Waals surface area contributed by atoms with Crippen molar-refractivity contribution in [1.29, 1.82) is 0 Å². The molecule has 0 saturated heterocycles. The van der Waals surface area contributed by atoms with E-state index in [-0.39, 0.29) is 25.1 Å². The molecule has 0 spiro atoms. The number of hydrazine groups is 1. The van der Waals surface area contributed by atoms with E-state index in [0.717, 1.165) is 17.3 Å². The number of nitrogens with zero attached hydrogens (tertiary/aromatic N) is 2. The number of hydrogen-bond acceptors (Lipinski definition) is 4. The second kappa shape index (κ2) is 9.75. The second-order valence-electron chi connectivity index (χ2n) is 8.53. The molecule has 1 heterocycles. The minimum Gasteiger partial charge on any atom is -0.337 e. The zero-order valence-electron chi connectivity index (χ0n) is 19.0. The Morgan fingerprint density at radius 1 is 0.892 bits per heavy atom. The van der Waals surface area contributed by atoms with E-state index in [1.54, 1.807) is 30.3 Å². The van der Waals surface area contributed by atoms with Gasteiger partial charge in [-0.25, -0.2) is 5.01 Å². The summed E-state index contributed by atoms with van der Waals surface area (Å²) in [4.78, 5) is 29.8. The number of alkyl halides is 6.